The summed E-state index contributed by atoms with van der Waals surface area (Å²) in [6, 6.07) is 64.1. The Bertz CT molecular complexity index is 3670. The predicted molar refractivity (Wildman–Crippen MR) is 244 cm³/mol. The molecule has 0 atom stereocenters. The Morgan fingerprint density at radius 1 is 0.339 bits per heavy atom. The van der Waals surface area contributed by atoms with Gasteiger partial charge in [-0.25, -0.2) is 15.0 Å². The van der Waals surface area contributed by atoms with Crippen LogP contribution in [0, 0.1) is 0 Å². The first-order chi connectivity index (χ1) is 30.1. The number of aromatic nitrogens is 3. The van der Waals surface area contributed by atoms with Gasteiger partial charge in [0.25, 0.3) is 0 Å². The standard InChI is InChI=1S/C55H33N3O/c1-3-16-34(17-4-1)53-56-54(35-18-5-2-6-19-35)58-55(57-53)45-28-15-29-50-51(45)49-33-38(46-30-36-20-7-9-22-39(36)41-24-11-13-26-43(41)46)32-48(52(49)59-50)47-31-37-21-8-10-23-40(37)42-25-12-14-27-44(42)47/h1-33H/i30D,31D. The fourth-order valence-corrected chi connectivity index (χ4v) is 8.74. The average Bonchev–Trinajstić information content (AvgIpc) is 3.71. The van der Waals surface area contributed by atoms with E-state index in [0.29, 0.717) is 40.7 Å². The van der Waals surface area contributed by atoms with Crippen molar-refractivity contribution in [3.05, 3.63) is 200 Å². The van der Waals surface area contributed by atoms with Crippen LogP contribution in [0.2, 0.25) is 0 Å². The highest BCUT2D eigenvalue weighted by Gasteiger charge is 2.23. The minimum Gasteiger partial charge on any atom is -0.455 e. The Kier molecular flexibility index (Phi) is 7.04. The van der Waals surface area contributed by atoms with Crippen LogP contribution in [-0.2, 0) is 0 Å². The Balaban J connectivity index is 1.23. The summed E-state index contributed by atoms with van der Waals surface area (Å²) >= 11 is 0. The van der Waals surface area contributed by atoms with Gasteiger partial charge in [-0.3, -0.25) is 0 Å². The van der Waals surface area contributed by atoms with E-state index in [1.54, 1.807) is 0 Å². The number of fused-ring (bicyclic) bond motifs is 9. The third kappa shape index (κ3) is 5.42. The molecule has 0 fully saturated rings. The molecule has 0 aliphatic heterocycles. The van der Waals surface area contributed by atoms with Gasteiger partial charge in [-0.05, 0) is 90.1 Å². The molecule has 0 saturated heterocycles. The molecule has 59 heavy (non-hydrogen) atoms. The van der Waals surface area contributed by atoms with Gasteiger partial charge < -0.3 is 4.42 Å². The van der Waals surface area contributed by atoms with E-state index in [9.17, 15) is 2.74 Å². The van der Waals surface area contributed by atoms with Crippen LogP contribution in [0.4, 0.5) is 0 Å². The molecule has 0 amide bonds. The second-order valence-electron chi connectivity index (χ2n) is 14.9. The smallest absolute Gasteiger partial charge is 0.164 e. The minimum absolute atomic E-state index is 0.417. The maximum atomic E-state index is 9.91. The summed E-state index contributed by atoms with van der Waals surface area (Å²) < 4.78 is 26.8. The molecule has 12 aromatic rings. The fourth-order valence-electron chi connectivity index (χ4n) is 8.74. The van der Waals surface area contributed by atoms with Gasteiger partial charge in [0, 0.05) is 33.0 Å². The Hall–Kier alpha value is -7.95. The molecule has 2 aromatic heterocycles. The minimum atomic E-state index is 0.417. The molecular formula is C55H33N3O. The third-order valence-corrected chi connectivity index (χ3v) is 11.4. The molecule has 4 heteroatoms. The molecule has 0 aliphatic carbocycles. The first-order valence-electron chi connectivity index (χ1n) is 20.8. The van der Waals surface area contributed by atoms with Gasteiger partial charge in [0.2, 0.25) is 0 Å². The molecule has 0 bridgehead atoms. The van der Waals surface area contributed by atoms with Crippen LogP contribution in [0.25, 0.3) is 121 Å². The lowest BCUT2D eigenvalue weighted by molar-refractivity contribution is 0.670. The summed E-state index contributed by atoms with van der Waals surface area (Å²) in [6.07, 6.45) is 0. The average molecular weight is 754 g/mol. The van der Waals surface area contributed by atoms with E-state index in [2.05, 4.69) is 60.7 Å². The predicted octanol–water partition coefficient (Wildman–Crippen LogP) is 14.7. The van der Waals surface area contributed by atoms with Crippen LogP contribution in [0.1, 0.15) is 2.74 Å². The highest BCUT2D eigenvalue weighted by Crippen LogP contribution is 2.47. The van der Waals surface area contributed by atoms with Crippen LogP contribution in [0.5, 0.6) is 0 Å². The maximum Gasteiger partial charge on any atom is 0.164 e. The zero-order valence-electron chi connectivity index (χ0n) is 33.6. The van der Waals surface area contributed by atoms with Gasteiger partial charge in [0.15, 0.2) is 17.5 Å². The summed E-state index contributed by atoms with van der Waals surface area (Å²) in [7, 11) is 0. The van der Waals surface area contributed by atoms with E-state index in [0.717, 1.165) is 92.8 Å². The van der Waals surface area contributed by atoms with E-state index in [4.69, 9.17) is 19.4 Å². The van der Waals surface area contributed by atoms with Crippen molar-refractivity contribution in [2.45, 2.75) is 0 Å². The summed E-state index contributed by atoms with van der Waals surface area (Å²) in [5, 5.41) is 9.56. The second-order valence-corrected chi connectivity index (χ2v) is 14.9. The van der Waals surface area contributed by atoms with Gasteiger partial charge in [0.05, 0.1) is 2.74 Å². The molecule has 2 heterocycles. The van der Waals surface area contributed by atoms with Crippen LogP contribution in [0.15, 0.2) is 205 Å². The van der Waals surface area contributed by atoms with E-state index in [1.807, 2.05) is 127 Å². The molecule has 274 valence electrons. The first-order valence-corrected chi connectivity index (χ1v) is 19.8. The molecule has 0 unspecified atom stereocenters. The monoisotopic (exact) mass is 753 g/mol. The molecule has 0 aliphatic rings. The van der Waals surface area contributed by atoms with E-state index < -0.39 is 0 Å². The van der Waals surface area contributed by atoms with Gasteiger partial charge in [-0.1, -0.05) is 170 Å². The largest absolute Gasteiger partial charge is 0.455 e. The van der Waals surface area contributed by atoms with Crippen molar-refractivity contribution in [3.63, 3.8) is 0 Å². The van der Waals surface area contributed by atoms with Gasteiger partial charge in [-0.2, -0.15) is 0 Å². The summed E-state index contributed by atoms with van der Waals surface area (Å²) in [5.41, 5.74) is 7.11. The molecule has 0 N–H and O–H groups in total. The number of hydrogen-bond donors (Lipinski definition) is 0. The summed E-state index contributed by atoms with van der Waals surface area (Å²) in [5.74, 6) is 1.65. The number of rotatable bonds is 5. The number of hydrogen-bond acceptors (Lipinski definition) is 4. The van der Waals surface area contributed by atoms with Crippen molar-refractivity contribution in [2.24, 2.45) is 0 Å². The SMILES string of the molecule is [2H]c1c(-c2cc(-c3c([2H])c4ccccc4c4ccccc34)c3oc4cccc(-c5nc(-c6ccccc6)nc(-c6ccccc6)n5)c4c3c2)c2ccccc2c2ccccc12. The second kappa shape index (κ2) is 13.3. The van der Waals surface area contributed by atoms with Crippen molar-refractivity contribution >= 4 is 65.0 Å². The van der Waals surface area contributed by atoms with Gasteiger partial charge in [0.1, 0.15) is 11.2 Å². The highest BCUT2D eigenvalue weighted by molar-refractivity contribution is 6.22. The van der Waals surface area contributed by atoms with Gasteiger partial charge >= 0.3 is 0 Å². The molecule has 10 aromatic carbocycles. The normalized spacial score (nSPS) is 12.2. The summed E-state index contributed by atoms with van der Waals surface area (Å²) in [6.45, 7) is 0. The van der Waals surface area contributed by atoms with Gasteiger partial charge in [-0.15, -0.1) is 0 Å². The molecule has 0 radical (unpaired) electrons. The third-order valence-electron chi connectivity index (χ3n) is 11.4. The van der Waals surface area contributed by atoms with Crippen LogP contribution < -0.4 is 0 Å². The lowest BCUT2D eigenvalue weighted by Gasteiger charge is -2.15. The fraction of sp³-hybridized carbons (Fsp3) is 0. The zero-order valence-corrected chi connectivity index (χ0v) is 31.6. The molecular weight excluding hydrogens is 719 g/mol. The van der Waals surface area contributed by atoms with Crippen LogP contribution in [-0.4, -0.2) is 15.0 Å². The van der Waals surface area contributed by atoms with Crippen LogP contribution in [0.3, 0.4) is 0 Å². The van der Waals surface area contributed by atoms with Crippen molar-refractivity contribution in [1.82, 2.24) is 15.0 Å². The topological polar surface area (TPSA) is 51.8 Å². The van der Waals surface area contributed by atoms with Crippen molar-refractivity contribution in [3.8, 4) is 56.4 Å². The highest BCUT2D eigenvalue weighted by atomic mass is 16.3. The molecule has 12 rings (SSSR count). The van der Waals surface area contributed by atoms with Crippen molar-refractivity contribution in [2.75, 3.05) is 0 Å². The Morgan fingerprint density at radius 3 is 1.44 bits per heavy atom. The lowest BCUT2D eigenvalue weighted by Crippen LogP contribution is -2.00. The molecule has 4 nitrogen and oxygen atoms in total. The van der Waals surface area contributed by atoms with Crippen molar-refractivity contribution in [1.29, 1.82) is 0 Å². The maximum absolute atomic E-state index is 9.91. The zero-order chi connectivity index (χ0) is 40.6. The van der Waals surface area contributed by atoms with E-state index in [-0.39, 0.29) is 0 Å². The number of nitrogens with zero attached hydrogens (tertiary/aromatic N) is 3. The quantitative estimate of drug-likeness (QED) is 0.164. The molecule has 0 saturated carbocycles. The van der Waals surface area contributed by atoms with Crippen LogP contribution >= 0.6 is 0 Å². The Morgan fingerprint density at radius 2 is 0.831 bits per heavy atom. The van der Waals surface area contributed by atoms with E-state index in [1.165, 1.54) is 0 Å². The molecule has 0 spiro atoms. The number of furan rings is 1. The lowest BCUT2D eigenvalue weighted by atomic mass is 9.88. The summed E-state index contributed by atoms with van der Waals surface area (Å²) in [4.78, 5) is 15.3. The Labute approximate surface area is 342 Å². The van der Waals surface area contributed by atoms with Crippen molar-refractivity contribution < 1.29 is 7.16 Å². The van der Waals surface area contributed by atoms with E-state index >= 15 is 0 Å². The number of benzene rings is 10. The first kappa shape index (κ1) is 31.2.